The quantitative estimate of drug-likeness (QED) is 0.864. The van der Waals surface area contributed by atoms with E-state index in [2.05, 4.69) is 12.2 Å². The summed E-state index contributed by atoms with van der Waals surface area (Å²) in [7, 11) is -3.19. The van der Waals surface area contributed by atoms with Gasteiger partial charge in [-0.25, -0.2) is 8.42 Å². The van der Waals surface area contributed by atoms with E-state index in [1.54, 1.807) is 12.1 Å². The summed E-state index contributed by atoms with van der Waals surface area (Å²) >= 11 is 0. The molecular weight excluding hydrogens is 314 g/mol. The van der Waals surface area contributed by atoms with Crippen molar-refractivity contribution >= 4 is 15.7 Å². The molecule has 0 spiro atoms. The van der Waals surface area contributed by atoms with Gasteiger partial charge in [0.1, 0.15) is 5.75 Å². The Bertz CT molecular complexity index is 624. The summed E-state index contributed by atoms with van der Waals surface area (Å²) in [4.78, 5) is 12.2. The monoisotopic (exact) mass is 339 g/mol. The van der Waals surface area contributed by atoms with Crippen molar-refractivity contribution in [1.82, 2.24) is 5.32 Å². The molecule has 2 atom stereocenters. The van der Waals surface area contributed by atoms with Gasteiger partial charge in [-0.3, -0.25) is 4.79 Å². The van der Waals surface area contributed by atoms with Gasteiger partial charge in [-0.05, 0) is 43.0 Å². The Kier molecular flexibility index (Phi) is 6.04. The third kappa shape index (κ3) is 5.53. The van der Waals surface area contributed by atoms with Crippen LogP contribution in [0.5, 0.6) is 5.75 Å². The molecule has 0 aliphatic heterocycles. The van der Waals surface area contributed by atoms with Crippen molar-refractivity contribution in [3.8, 4) is 5.75 Å². The van der Waals surface area contributed by atoms with Gasteiger partial charge < -0.3 is 10.1 Å². The number of rotatable bonds is 6. The summed E-state index contributed by atoms with van der Waals surface area (Å²) in [6.45, 7) is 2.47. The topological polar surface area (TPSA) is 72.5 Å². The van der Waals surface area contributed by atoms with E-state index in [4.69, 9.17) is 4.74 Å². The Morgan fingerprint density at radius 1 is 1.22 bits per heavy atom. The van der Waals surface area contributed by atoms with E-state index in [1.165, 1.54) is 37.7 Å². The average molecular weight is 339 g/mol. The Hall–Kier alpha value is -1.56. The minimum absolute atomic E-state index is 0.0107. The van der Waals surface area contributed by atoms with E-state index in [-0.39, 0.29) is 23.5 Å². The van der Waals surface area contributed by atoms with E-state index in [0.29, 0.717) is 18.1 Å². The Labute approximate surface area is 138 Å². The van der Waals surface area contributed by atoms with Crippen molar-refractivity contribution in [1.29, 1.82) is 0 Å². The molecule has 1 aromatic rings. The summed E-state index contributed by atoms with van der Waals surface area (Å²) in [5.41, 5.74) is 0. The molecule has 1 fully saturated rings. The lowest BCUT2D eigenvalue weighted by molar-refractivity contribution is -0.122. The fourth-order valence-corrected chi connectivity index (χ4v) is 3.48. The van der Waals surface area contributed by atoms with Crippen LogP contribution in [-0.2, 0) is 14.6 Å². The van der Waals surface area contributed by atoms with Crippen LogP contribution in [0.4, 0.5) is 0 Å². The standard InChI is InChI=1S/C17H25NO4S/c1-13-5-3-4-6-16(13)18-17(19)11-12-22-14-7-9-15(10-8-14)23(2,20)21/h7-10,13,16H,3-6,11-12H2,1-2H3,(H,18,19)/t13-,16+/m0/s1. The van der Waals surface area contributed by atoms with Gasteiger partial charge in [-0.1, -0.05) is 19.8 Å². The number of hydrogen-bond acceptors (Lipinski definition) is 4. The molecule has 1 amide bonds. The molecule has 0 unspecified atom stereocenters. The van der Waals surface area contributed by atoms with Crippen molar-refractivity contribution in [3.63, 3.8) is 0 Å². The highest BCUT2D eigenvalue weighted by molar-refractivity contribution is 7.90. The molecule has 0 heterocycles. The van der Waals surface area contributed by atoms with Crippen molar-refractivity contribution in [2.24, 2.45) is 5.92 Å². The highest BCUT2D eigenvalue weighted by atomic mass is 32.2. The number of hydrogen-bond donors (Lipinski definition) is 1. The maximum absolute atomic E-state index is 12.0. The van der Waals surface area contributed by atoms with Gasteiger partial charge >= 0.3 is 0 Å². The molecule has 128 valence electrons. The zero-order valence-electron chi connectivity index (χ0n) is 13.7. The fourth-order valence-electron chi connectivity index (χ4n) is 2.85. The smallest absolute Gasteiger partial charge is 0.223 e. The maximum Gasteiger partial charge on any atom is 0.223 e. The second kappa shape index (κ2) is 7.81. The molecule has 1 aliphatic rings. The lowest BCUT2D eigenvalue weighted by Crippen LogP contribution is -2.41. The van der Waals surface area contributed by atoms with Gasteiger partial charge in [-0.15, -0.1) is 0 Å². The summed E-state index contributed by atoms with van der Waals surface area (Å²) < 4.78 is 28.2. The molecule has 0 saturated heterocycles. The number of benzene rings is 1. The van der Waals surface area contributed by atoms with Gasteiger partial charge in [-0.2, -0.15) is 0 Å². The number of amides is 1. The number of nitrogens with one attached hydrogen (secondary N) is 1. The van der Waals surface area contributed by atoms with E-state index in [9.17, 15) is 13.2 Å². The first-order chi connectivity index (χ1) is 10.9. The van der Waals surface area contributed by atoms with Gasteiger partial charge in [0.2, 0.25) is 5.91 Å². The molecule has 1 N–H and O–H groups in total. The average Bonchev–Trinajstić information content (AvgIpc) is 2.49. The third-order valence-corrected chi connectivity index (χ3v) is 5.44. The van der Waals surface area contributed by atoms with Crippen LogP contribution in [0.25, 0.3) is 0 Å². The normalized spacial score (nSPS) is 21.7. The molecule has 0 aromatic heterocycles. The summed E-state index contributed by atoms with van der Waals surface area (Å²) in [5, 5.41) is 3.09. The van der Waals surface area contributed by atoms with Crippen LogP contribution in [-0.4, -0.2) is 33.2 Å². The summed E-state index contributed by atoms with van der Waals surface area (Å²) in [6.07, 6.45) is 6.13. The van der Waals surface area contributed by atoms with E-state index in [1.807, 2.05) is 0 Å². The maximum atomic E-state index is 12.0. The second-order valence-corrected chi connectivity index (χ2v) is 8.29. The highest BCUT2D eigenvalue weighted by Gasteiger charge is 2.22. The first-order valence-corrected chi connectivity index (χ1v) is 9.97. The highest BCUT2D eigenvalue weighted by Crippen LogP contribution is 2.23. The number of carbonyl (C=O) groups excluding carboxylic acids is 1. The Morgan fingerprint density at radius 3 is 2.48 bits per heavy atom. The number of sulfone groups is 1. The van der Waals surface area contributed by atoms with Crippen LogP contribution in [0, 0.1) is 5.92 Å². The van der Waals surface area contributed by atoms with Gasteiger partial charge in [0.15, 0.2) is 9.84 Å². The Morgan fingerprint density at radius 2 is 1.87 bits per heavy atom. The van der Waals surface area contributed by atoms with Crippen LogP contribution in [0.1, 0.15) is 39.0 Å². The van der Waals surface area contributed by atoms with Gasteiger partial charge in [0.05, 0.1) is 17.9 Å². The second-order valence-electron chi connectivity index (χ2n) is 6.28. The van der Waals surface area contributed by atoms with Crippen LogP contribution in [0.15, 0.2) is 29.2 Å². The molecule has 1 aliphatic carbocycles. The van der Waals surface area contributed by atoms with Crippen LogP contribution in [0.3, 0.4) is 0 Å². The van der Waals surface area contributed by atoms with Crippen LogP contribution in [0.2, 0.25) is 0 Å². The first kappa shape index (κ1) is 17.8. The van der Waals surface area contributed by atoms with Crippen LogP contribution < -0.4 is 10.1 Å². The minimum Gasteiger partial charge on any atom is -0.493 e. The third-order valence-electron chi connectivity index (χ3n) is 4.31. The summed E-state index contributed by atoms with van der Waals surface area (Å²) in [6, 6.07) is 6.52. The lowest BCUT2D eigenvalue weighted by atomic mass is 9.86. The molecule has 1 saturated carbocycles. The number of carbonyl (C=O) groups is 1. The van der Waals surface area contributed by atoms with Crippen molar-refractivity contribution in [3.05, 3.63) is 24.3 Å². The fraction of sp³-hybridized carbons (Fsp3) is 0.588. The van der Waals surface area contributed by atoms with Gasteiger partial charge in [0.25, 0.3) is 0 Å². The minimum atomic E-state index is -3.19. The molecule has 1 aromatic carbocycles. The van der Waals surface area contributed by atoms with E-state index < -0.39 is 9.84 Å². The predicted octanol–water partition coefficient (Wildman–Crippen LogP) is 2.55. The summed E-state index contributed by atoms with van der Waals surface area (Å²) in [5.74, 6) is 1.12. The molecule has 6 heteroatoms. The molecular formula is C17H25NO4S. The van der Waals surface area contributed by atoms with Crippen molar-refractivity contribution < 1.29 is 17.9 Å². The zero-order chi connectivity index (χ0) is 16.9. The molecule has 2 rings (SSSR count). The predicted molar refractivity (Wildman–Crippen MR) is 89.2 cm³/mol. The van der Waals surface area contributed by atoms with Gasteiger partial charge in [0, 0.05) is 12.3 Å². The largest absolute Gasteiger partial charge is 0.493 e. The zero-order valence-corrected chi connectivity index (χ0v) is 14.6. The van der Waals surface area contributed by atoms with E-state index >= 15 is 0 Å². The van der Waals surface area contributed by atoms with Crippen molar-refractivity contribution in [2.75, 3.05) is 12.9 Å². The van der Waals surface area contributed by atoms with Crippen molar-refractivity contribution in [2.45, 2.75) is 50.0 Å². The van der Waals surface area contributed by atoms with E-state index in [0.717, 1.165) is 6.42 Å². The lowest BCUT2D eigenvalue weighted by Gasteiger charge is -2.29. The van der Waals surface area contributed by atoms with Crippen LogP contribution >= 0.6 is 0 Å². The molecule has 5 nitrogen and oxygen atoms in total. The first-order valence-electron chi connectivity index (χ1n) is 8.08. The molecule has 0 bridgehead atoms. The molecule has 23 heavy (non-hydrogen) atoms. The molecule has 0 radical (unpaired) electrons. The number of ether oxygens (including phenoxy) is 1. The Balaban J connectivity index is 1.75. The SMILES string of the molecule is C[C@H]1CCCC[C@H]1NC(=O)CCOc1ccc(S(C)(=O)=O)cc1.